The van der Waals surface area contributed by atoms with E-state index in [4.69, 9.17) is 14.2 Å². The highest BCUT2D eigenvalue weighted by atomic mass is 16.7. The minimum atomic E-state index is -1.09. The number of hydrogen-bond donors (Lipinski definition) is 1. The summed E-state index contributed by atoms with van der Waals surface area (Å²) in [5, 5.41) is 10.5. The van der Waals surface area contributed by atoms with E-state index in [0.29, 0.717) is 26.2 Å². The summed E-state index contributed by atoms with van der Waals surface area (Å²) in [5.74, 6) is -1.09. The fraction of sp³-hybridized carbons (Fsp3) is 0.400. The maximum atomic E-state index is 10.5. The molecule has 1 N–H and O–H groups in total. The van der Waals surface area contributed by atoms with Gasteiger partial charge in [-0.1, -0.05) is 60.7 Å². The Morgan fingerprint density at radius 2 is 1.58 bits per heavy atom. The summed E-state index contributed by atoms with van der Waals surface area (Å²) in [6.07, 6.45) is 0.797. The highest BCUT2D eigenvalue weighted by Gasteiger charge is 2.43. The van der Waals surface area contributed by atoms with Crippen LogP contribution in [-0.2, 0) is 27.4 Å². The maximum Gasteiger partial charge on any atom is 0.219 e. The third kappa shape index (κ3) is 4.42. The summed E-state index contributed by atoms with van der Waals surface area (Å²) in [4.78, 5) is 0. The average molecular weight is 328 g/mol. The van der Waals surface area contributed by atoms with E-state index >= 15 is 0 Å². The number of rotatable bonds is 7. The van der Waals surface area contributed by atoms with Crippen LogP contribution in [0.2, 0.25) is 0 Å². The molecule has 2 unspecified atom stereocenters. The lowest BCUT2D eigenvalue weighted by atomic mass is 10.0. The van der Waals surface area contributed by atoms with Gasteiger partial charge in [-0.2, -0.15) is 0 Å². The molecule has 0 aliphatic carbocycles. The van der Waals surface area contributed by atoms with Crippen LogP contribution in [0.25, 0.3) is 0 Å². The van der Waals surface area contributed by atoms with Crippen LogP contribution in [-0.4, -0.2) is 30.2 Å². The molecular formula is C20H24O4. The number of aliphatic hydroxyl groups excluding tert-OH is 1. The Labute approximate surface area is 143 Å². The van der Waals surface area contributed by atoms with E-state index in [9.17, 15) is 5.11 Å². The molecule has 0 aromatic heterocycles. The summed E-state index contributed by atoms with van der Waals surface area (Å²) in [5.41, 5.74) is 2.13. The number of ether oxygens (including phenoxy) is 3. The lowest BCUT2D eigenvalue weighted by Crippen LogP contribution is -2.53. The predicted octanol–water partition coefficient (Wildman–Crippen LogP) is 3.29. The molecule has 24 heavy (non-hydrogen) atoms. The van der Waals surface area contributed by atoms with Gasteiger partial charge in [0.25, 0.3) is 0 Å². The van der Waals surface area contributed by atoms with Gasteiger partial charge in [-0.3, -0.25) is 0 Å². The molecule has 0 saturated carbocycles. The Morgan fingerprint density at radius 1 is 0.958 bits per heavy atom. The first-order chi connectivity index (χ1) is 11.8. The van der Waals surface area contributed by atoms with E-state index in [2.05, 4.69) is 0 Å². The fourth-order valence-corrected chi connectivity index (χ4v) is 2.82. The first-order valence-electron chi connectivity index (χ1n) is 8.40. The normalized spacial score (nSPS) is 24.0. The molecule has 2 aromatic carbocycles. The van der Waals surface area contributed by atoms with Gasteiger partial charge in [0.1, 0.15) is 12.7 Å². The largest absolute Gasteiger partial charge is 0.387 e. The predicted molar refractivity (Wildman–Crippen MR) is 91.3 cm³/mol. The molecule has 1 saturated heterocycles. The van der Waals surface area contributed by atoms with Crippen LogP contribution in [0.3, 0.4) is 0 Å². The lowest BCUT2D eigenvalue weighted by Gasteiger charge is -2.40. The lowest BCUT2D eigenvalue weighted by molar-refractivity contribution is -0.323. The van der Waals surface area contributed by atoms with E-state index < -0.39 is 11.9 Å². The van der Waals surface area contributed by atoms with E-state index in [0.717, 1.165) is 17.5 Å². The van der Waals surface area contributed by atoms with Crippen molar-refractivity contribution in [1.29, 1.82) is 0 Å². The summed E-state index contributed by atoms with van der Waals surface area (Å²) < 4.78 is 17.7. The second kappa shape index (κ2) is 8.40. The third-order valence-corrected chi connectivity index (χ3v) is 4.22. The summed E-state index contributed by atoms with van der Waals surface area (Å²) in [7, 11) is 0. The van der Waals surface area contributed by atoms with Crippen LogP contribution in [0, 0.1) is 0 Å². The third-order valence-electron chi connectivity index (χ3n) is 4.22. The van der Waals surface area contributed by atoms with Crippen molar-refractivity contribution in [3.63, 3.8) is 0 Å². The molecule has 1 aliphatic heterocycles. The Kier molecular flexibility index (Phi) is 5.99. The monoisotopic (exact) mass is 328 g/mol. The van der Waals surface area contributed by atoms with Crippen molar-refractivity contribution in [3.05, 3.63) is 71.8 Å². The smallest absolute Gasteiger partial charge is 0.219 e. The van der Waals surface area contributed by atoms with E-state index in [1.165, 1.54) is 0 Å². The van der Waals surface area contributed by atoms with Crippen LogP contribution < -0.4 is 0 Å². The van der Waals surface area contributed by atoms with Crippen molar-refractivity contribution in [2.24, 2.45) is 0 Å². The minimum Gasteiger partial charge on any atom is -0.387 e. The first kappa shape index (κ1) is 17.1. The van der Waals surface area contributed by atoms with Crippen molar-refractivity contribution in [2.75, 3.05) is 13.2 Å². The van der Waals surface area contributed by atoms with E-state index in [1.807, 2.05) is 60.7 Å². The van der Waals surface area contributed by atoms with Gasteiger partial charge in [0.15, 0.2) is 0 Å². The van der Waals surface area contributed by atoms with E-state index in [1.54, 1.807) is 0 Å². The van der Waals surface area contributed by atoms with E-state index in [-0.39, 0.29) is 6.61 Å². The molecule has 1 fully saturated rings. The molecule has 0 bridgehead atoms. The van der Waals surface area contributed by atoms with Gasteiger partial charge in [0, 0.05) is 0 Å². The van der Waals surface area contributed by atoms with Gasteiger partial charge >= 0.3 is 0 Å². The van der Waals surface area contributed by atoms with Crippen molar-refractivity contribution in [2.45, 2.75) is 37.9 Å². The molecule has 0 spiro atoms. The van der Waals surface area contributed by atoms with Gasteiger partial charge in [0.2, 0.25) is 5.79 Å². The Balaban J connectivity index is 1.61. The summed E-state index contributed by atoms with van der Waals surface area (Å²) in [6, 6.07) is 19.8. The molecule has 3 rings (SSSR count). The topological polar surface area (TPSA) is 47.9 Å². The van der Waals surface area contributed by atoms with Gasteiger partial charge in [-0.25, -0.2) is 0 Å². The van der Waals surface area contributed by atoms with Crippen LogP contribution in [0.1, 0.15) is 24.0 Å². The molecule has 1 aliphatic rings. The molecule has 2 atom stereocenters. The van der Waals surface area contributed by atoms with Crippen LogP contribution >= 0.6 is 0 Å². The zero-order valence-corrected chi connectivity index (χ0v) is 13.8. The van der Waals surface area contributed by atoms with Crippen LogP contribution in [0.15, 0.2) is 60.7 Å². The Morgan fingerprint density at radius 3 is 2.21 bits per heavy atom. The molecule has 4 heteroatoms. The van der Waals surface area contributed by atoms with Crippen molar-refractivity contribution >= 4 is 0 Å². The average Bonchev–Trinajstić information content (AvgIpc) is 2.64. The Hall–Kier alpha value is -1.72. The molecule has 0 amide bonds. The molecular weight excluding hydrogens is 304 g/mol. The molecule has 128 valence electrons. The zero-order valence-electron chi connectivity index (χ0n) is 13.8. The second-order valence-corrected chi connectivity index (χ2v) is 6.07. The highest BCUT2D eigenvalue weighted by Crippen LogP contribution is 2.29. The van der Waals surface area contributed by atoms with Crippen molar-refractivity contribution < 1.29 is 19.3 Å². The van der Waals surface area contributed by atoms with Crippen LogP contribution in [0.5, 0.6) is 0 Å². The molecule has 1 heterocycles. The molecule has 2 aromatic rings. The number of benzene rings is 2. The molecule has 4 nitrogen and oxygen atoms in total. The Bertz CT molecular complexity index is 602. The first-order valence-corrected chi connectivity index (χ1v) is 8.40. The maximum absolute atomic E-state index is 10.5. The van der Waals surface area contributed by atoms with Crippen molar-refractivity contribution in [1.82, 2.24) is 0 Å². The van der Waals surface area contributed by atoms with Gasteiger partial charge in [-0.05, 0) is 24.0 Å². The number of aliphatic hydroxyl groups is 1. The standard InChI is InChI=1S/C20H24O4/c21-19-12-7-13-23-20(19,24-15-18-10-5-2-6-11-18)16-22-14-17-8-3-1-4-9-17/h1-6,8-11,19,21H,7,12-16H2. The number of hydrogen-bond acceptors (Lipinski definition) is 4. The SMILES string of the molecule is OC1CCCOC1(COCc1ccccc1)OCc1ccccc1. The fourth-order valence-electron chi connectivity index (χ4n) is 2.82. The highest BCUT2D eigenvalue weighted by molar-refractivity contribution is 5.14. The van der Waals surface area contributed by atoms with Gasteiger partial charge < -0.3 is 19.3 Å². The van der Waals surface area contributed by atoms with Gasteiger partial charge in [0.05, 0.1) is 19.8 Å². The minimum absolute atomic E-state index is 0.204. The van der Waals surface area contributed by atoms with Crippen LogP contribution in [0.4, 0.5) is 0 Å². The second-order valence-electron chi connectivity index (χ2n) is 6.07. The van der Waals surface area contributed by atoms with Crippen molar-refractivity contribution in [3.8, 4) is 0 Å². The quantitative estimate of drug-likeness (QED) is 0.847. The summed E-state index contributed by atoms with van der Waals surface area (Å²) in [6.45, 7) is 1.62. The zero-order chi connectivity index (χ0) is 16.7. The summed E-state index contributed by atoms with van der Waals surface area (Å²) >= 11 is 0. The molecule has 0 radical (unpaired) electrons. The van der Waals surface area contributed by atoms with Gasteiger partial charge in [-0.15, -0.1) is 0 Å².